The summed E-state index contributed by atoms with van der Waals surface area (Å²) >= 11 is 0. The predicted molar refractivity (Wildman–Crippen MR) is 79.3 cm³/mol. The molecule has 2 N–H and O–H groups in total. The molecule has 2 aliphatic rings. The van der Waals surface area contributed by atoms with Crippen LogP contribution in [-0.4, -0.2) is 11.9 Å². The van der Waals surface area contributed by atoms with Gasteiger partial charge in [0.25, 0.3) is 5.95 Å². The third-order valence-corrected chi connectivity index (χ3v) is 4.04. The minimum absolute atomic E-state index is 0.0223. The van der Waals surface area contributed by atoms with Crippen LogP contribution in [0.4, 0.5) is 13.2 Å². The molecule has 3 rings (SSSR count). The lowest BCUT2D eigenvalue weighted by Crippen LogP contribution is -2.33. The van der Waals surface area contributed by atoms with Crippen LogP contribution in [-0.2, 0) is 20.4 Å². The topological polar surface area (TPSA) is 85.3 Å². The fourth-order valence-corrected chi connectivity index (χ4v) is 3.01. The number of halogens is 3. The van der Waals surface area contributed by atoms with E-state index in [2.05, 4.69) is 0 Å². The Morgan fingerprint density at radius 3 is 2.64 bits per heavy atom. The van der Waals surface area contributed by atoms with Crippen molar-refractivity contribution in [1.82, 2.24) is 0 Å². The molecule has 2 aliphatic heterocycles. The van der Waals surface area contributed by atoms with Gasteiger partial charge >= 0.3 is 6.18 Å². The molecule has 25 heavy (non-hydrogen) atoms. The van der Waals surface area contributed by atoms with Gasteiger partial charge in [0.1, 0.15) is 17.7 Å². The first-order valence-corrected chi connectivity index (χ1v) is 7.41. The van der Waals surface area contributed by atoms with E-state index in [1.807, 2.05) is 0 Å². The van der Waals surface area contributed by atoms with Crippen molar-refractivity contribution in [2.45, 2.75) is 31.5 Å². The van der Waals surface area contributed by atoms with Crippen LogP contribution in [0, 0.1) is 11.3 Å². The summed E-state index contributed by atoms with van der Waals surface area (Å²) in [6.07, 6.45) is -5.18. The molecule has 0 spiro atoms. The first kappa shape index (κ1) is 16.9. The minimum Gasteiger partial charge on any atom is -0.461 e. The number of allylic oxidation sites excluding steroid dienone is 2. The van der Waals surface area contributed by atoms with Crippen LogP contribution in [0.1, 0.15) is 30.4 Å². The van der Waals surface area contributed by atoms with E-state index in [1.165, 1.54) is 18.2 Å². The second-order valence-corrected chi connectivity index (χ2v) is 5.77. The Morgan fingerprint density at radius 2 is 2.00 bits per heavy atom. The highest BCUT2D eigenvalue weighted by Crippen LogP contribution is 2.46. The van der Waals surface area contributed by atoms with Crippen LogP contribution in [0.2, 0.25) is 0 Å². The van der Waals surface area contributed by atoms with Gasteiger partial charge in [0.05, 0.1) is 17.1 Å². The molecule has 1 aromatic rings. The van der Waals surface area contributed by atoms with Crippen molar-refractivity contribution in [2.75, 3.05) is 0 Å². The monoisotopic (exact) mass is 350 g/mol. The quantitative estimate of drug-likeness (QED) is 0.841. The molecule has 0 radical (unpaired) electrons. The molecule has 0 aliphatic carbocycles. The number of hydrogen-bond acceptors (Lipinski definition) is 5. The number of ether oxygens (including phenoxy) is 2. The molecule has 2 atom stereocenters. The van der Waals surface area contributed by atoms with E-state index in [0.717, 1.165) is 6.07 Å². The first-order valence-electron chi connectivity index (χ1n) is 7.41. The summed E-state index contributed by atoms with van der Waals surface area (Å²) in [5, 5.41) is 9.39. The molecule has 0 saturated heterocycles. The van der Waals surface area contributed by atoms with E-state index in [-0.39, 0.29) is 35.0 Å². The van der Waals surface area contributed by atoms with Crippen molar-refractivity contribution in [3.05, 3.63) is 58.4 Å². The van der Waals surface area contributed by atoms with Gasteiger partial charge in [-0.3, -0.25) is 4.79 Å². The minimum atomic E-state index is -4.66. The van der Waals surface area contributed by atoms with Gasteiger partial charge in [0.2, 0.25) is 5.88 Å². The lowest BCUT2D eigenvalue weighted by atomic mass is 9.78. The van der Waals surface area contributed by atoms with Gasteiger partial charge in [0, 0.05) is 6.42 Å². The van der Waals surface area contributed by atoms with Crippen LogP contribution in [0.5, 0.6) is 0 Å². The molecule has 130 valence electrons. The zero-order valence-corrected chi connectivity index (χ0v) is 13.1. The molecule has 0 amide bonds. The average molecular weight is 350 g/mol. The summed E-state index contributed by atoms with van der Waals surface area (Å²) < 4.78 is 50.9. The maximum atomic E-state index is 13.4. The van der Waals surface area contributed by atoms with Crippen LogP contribution in [0.25, 0.3) is 0 Å². The summed E-state index contributed by atoms with van der Waals surface area (Å²) in [5.74, 6) is -2.32. The number of alkyl halides is 3. The number of nitrogens with zero attached hydrogens (tertiary/aromatic N) is 1. The molecule has 2 heterocycles. The normalized spacial score (nSPS) is 23.6. The summed E-state index contributed by atoms with van der Waals surface area (Å²) in [4.78, 5) is 12.5. The molecular weight excluding hydrogens is 337 g/mol. The Morgan fingerprint density at radius 1 is 1.32 bits per heavy atom. The van der Waals surface area contributed by atoms with Crippen LogP contribution < -0.4 is 5.73 Å². The van der Waals surface area contributed by atoms with E-state index in [0.29, 0.717) is 0 Å². The van der Waals surface area contributed by atoms with Gasteiger partial charge in [-0.1, -0.05) is 18.2 Å². The number of benzene rings is 1. The van der Waals surface area contributed by atoms with Crippen LogP contribution in [0.3, 0.4) is 0 Å². The average Bonchev–Trinajstić information content (AvgIpc) is 2.52. The third-order valence-electron chi connectivity index (χ3n) is 4.04. The smallest absolute Gasteiger partial charge is 0.416 e. The number of ketones is 1. The number of carbonyl (C=O) groups is 1. The lowest BCUT2D eigenvalue weighted by Gasteiger charge is -2.33. The van der Waals surface area contributed by atoms with Gasteiger partial charge in [0.15, 0.2) is 5.78 Å². The Kier molecular flexibility index (Phi) is 3.95. The standard InChI is InChI=1S/C17H13F3N2O3/c1-8-6-12(23)14-13(10(7-21)15(22)25-16(14)24-8)9-4-2-3-5-11(9)17(18,19)20/h2-5,8,13H,6,22H2,1H3/t8-,13-/m1/s1. The van der Waals surface area contributed by atoms with Crippen molar-refractivity contribution in [1.29, 1.82) is 5.26 Å². The number of nitriles is 1. The maximum absolute atomic E-state index is 13.4. The molecule has 0 aromatic heterocycles. The van der Waals surface area contributed by atoms with Crippen LogP contribution in [0.15, 0.2) is 47.2 Å². The van der Waals surface area contributed by atoms with Crippen molar-refractivity contribution in [3.8, 4) is 6.07 Å². The number of carbonyl (C=O) groups excluding carboxylic acids is 1. The zero-order chi connectivity index (χ0) is 18.4. The molecule has 5 nitrogen and oxygen atoms in total. The predicted octanol–water partition coefficient (Wildman–Crippen LogP) is 3.10. The summed E-state index contributed by atoms with van der Waals surface area (Å²) in [6, 6.07) is 6.53. The van der Waals surface area contributed by atoms with Crippen molar-refractivity contribution in [2.24, 2.45) is 5.73 Å². The Bertz CT molecular complexity index is 849. The van der Waals surface area contributed by atoms with Gasteiger partial charge in [-0.05, 0) is 18.6 Å². The molecule has 8 heteroatoms. The fourth-order valence-electron chi connectivity index (χ4n) is 3.01. The highest BCUT2D eigenvalue weighted by atomic mass is 19.4. The van der Waals surface area contributed by atoms with Crippen molar-refractivity contribution >= 4 is 5.78 Å². The third kappa shape index (κ3) is 2.82. The van der Waals surface area contributed by atoms with Gasteiger partial charge in [-0.25, -0.2) is 0 Å². The summed E-state index contributed by atoms with van der Waals surface area (Å²) in [6.45, 7) is 1.63. The molecule has 0 saturated carbocycles. The number of nitrogens with two attached hydrogens (primary N) is 1. The molecule has 0 unspecified atom stereocenters. The Labute approximate surface area is 141 Å². The van der Waals surface area contributed by atoms with Crippen LogP contribution >= 0.6 is 0 Å². The number of hydrogen-bond donors (Lipinski definition) is 1. The maximum Gasteiger partial charge on any atom is 0.416 e. The SMILES string of the molecule is C[C@@H]1CC(=O)C2=C(OC(N)=C(C#N)[C@H]2c2ccccc2C(F)(F)F)O1. The van der Waals surface area contributed by atoms with E-state index < -0.39 is 29.5 Å². The Hall–Kier alpha value is -2.95. The number of rotatable bonds is 1. The molecular formula is C17H13F3N2O3. The molecule has 1 aromatic carbocycles. The molecule has 0 fully saturated rings. The van der Waals surface area contributed by atoms with Gasteiger partial charge in [-0.15, -0.1) is 0 Å². The summed E-state index contributed by atoms with van der Waals surface area (Å²) in [5.41, 5.74) is 4.16. The fraction of sp³-hybridized carbons (Fsp3) is 0.294. The van der Waals surface area contributed by atoms with E-state index >= 15 is 0 Å². The second kappa shape index (κ2) is 5.84. The summed E-state index contributed by atoms with van der Waals surface area (Å²) in [7, 11) is 0. The number of Topliss-reactive ketones (excluding diaryl/α,β-unsaturated/α-hetero) is 1. The van der Waals surface area contributed by atoms with Crippen molar-refractivity contribution in [3.63, 3.8) is 0 Å². The van der Waals surface area contributed by atoms with E-state index in [1.54, 1.807) is 13.0 Å². The highest BCUT2D eigenvalue weighted by Gasteiger charge is 2.44. The zero-order valence-electron chi connectivity index (χ0n) is 13.1. The van der Waals surface area contributed by atoms with Crippen molar-refractivity contribution < 1.29 is 27.4 Å². The second-order valence-electron chi connectivity index (χ2n) is 5.77. The largest absolute Gasteiger partial charge is 0.461 e. The first-order chi connectivity index (χ1) is 11.7. The van der Waals surface area contributed by atoms with Gasteiger partial charge in [-0.2, -0.15) is 18.4 Å². The molecule has 0 bridgehead atoms. The van der Waals surface area contributed by atoms with Gasteiger partial charge < -0.3 is 15.2 Å². The highest BCUT2D eigenvalue weighted by molar-refractivity contribution is 5.99. The van der Waals surface area contributed by atoms with E-state index in [9.17, 15) is 23.2 Å². The Balaban J connectivity index is 2.26. The lowest BCUT2D eigenvalue weighted by molar-refractivity contribution is -0.138. The van der Waals surface area contributed by atoms with E-state index in [4.69, 9.17) is 15.2 Å².